The zero-order chi connectivity index (χ0) is 62.0. The summed E-state index contributed by atoms with van der Waals surface area (Å²) in [5, 5.41) is 164. The molecule has 0 aromatic heterocycles. The zero-order valence-electron chi connectivity index (χ0n) is 49.8. The van der Waals surface area contributed by atoms with E-state index >= 15 is 0 Å². The summed E-state index contributed by atoms with van der Waals surface area (Å²) in [6.45, 7) is 14.5. The molecule has 9 fully saturated rings. The second-order valence-electron chi connectivity index (χ2n) is 28.7. The third kappa shape index (κ3) is 11.2. The van der Waals surface area contributed by atoms with Gasteiger partial charge in [-0.3, -0.25) is 4.79 Å². The predicted molar refractivity (Wildman–Crippen MR) is 288 cm³/mol. The summed E-state index contributed by atoms with van der Waals surface area (Å²) in [6.07, 6.45) is -32.5. The number of ether oxygens (including phenoxy) is 10. The quantitative estimate of drug-likeness (QED) is 0.0662. The molecule has 5 saturated heterocycles. The van der Waals surface area contributed by atoms with Crippen molar-refractivity contribution in [2.75, 3.05) is 26.4 Å². The van der Waals surface area contributed by atoms with Crippen molar-refractivity contribution in [1.82, 2.24) is 0 Å². The predicted octanol–water partition coefficient (Wildman–Crippen LogP) is -1.98. The van der Waals surface area contributed by atoms with Gasteiger partial charge in [-0.15, -0.1) is 0 Å². The first kappa shape index (κ1) is 66.2. The van der Waals surface area contributed by atoms with Crippen molar-refractivity contribution < 1.29 is 129 Å². The highest BCUT2D eigenvalue weighted by Gasteiger charge is 2.70. The van der Waals surface area contributed by atoms with Gasteiger partial charge in [0, 0.05) is 0 Å². The Hall–Kier alpha value is -1.75. The van der Waals surface area contributed by atoms with Gasteiger partial charge < -0.3 is 124 Å². The molecule has 0 amide bonds. The van der Waals surface area contributed by atoms with Gasteiger partial charge in [0.1, 0.15) is 110 Å². The van der Waals surface area contributed by atoms with Crippen LogP contribution in [0.2, 0.25) is 0 Å². The summed E-state index contributed by atoms with van der Waals surface area (Å²) in [4.78, 5) is 13.3. The Kier molecular flexibility index (Phi) is 19.0. The first-order valence-electron chi connectivity index (χ1n) is 30.6. The molecule has 488 valence electrons. The molecular formula is C59H96O26. The normalized spacial score (nSPS) is 54.2. The van der Waals surface area contributed by atoms with Crippen molar-refractivity contribution in [3.8, 4) is 0 Å². The highest BCUT2D eigenvalue weighted by molar-refractivity contribution is 5.76. The molecule has 15 N–H and O–H groups in total. The van der Waals surface area contributed by atoms with Crippen LogP contribution in [0.4, 0.5) is 0 Å². The molecule has 4 saturated carbocycles. The van der Waals surface area contributed by atoms with E-state index < -0.39 is 197 Å². The molecule has 26 heteroatoms. The second kappa shape index (κ2) is 24.4. The van der Waals surface area contributed by atoms with Gasteiger partial charge in [0.25, 0.3) is 0 Å². The van der Waals surface area contributed by atoms with E-state index in [0.717, 1.165) is 38.5 Å². The van der Waals surface area contributed by atoms with Crippen LogP contribution in [0, 0.1) is 50.2 Å². The van der Waals surface area contributed by atoms with Gasteiger partial charge in [-0.2, -0.15) is 0 Å². The Morgan fingerprint density at radius 2 is 1.13 bits per heavy atom. The molecule has 0 aromatic carbocycles. The summed E-state index contributed by atoms with van der Waals surface area (Å²) in [5.74, 6) is -0.443. The first-order valence-corrected chi connectivity index (χ1v) is 30.6. The zero-order valence-corrected chi connectivity index (χ0v) is 49.8. The molecule has 0 bridgehead atoms. The minimum Gasteiger partial charge on any atom is -0.481 e. The van der Waals surface area contributed by atoms with Crippen LogP contribution in [0.3, 0.4) is 0 Å². The van der Waals surface area contributed by atoms with E-state index in [4.69, 9.17) is 47.4 Å². The van der Waals surface area contributed by atoms with Crippen molar-refractivity contribution in [2.45, 2.75) is 273 Å². The molecule has 85 heavy (non-hydrogen) atoms. The topological polar surface area (TPSA) is 413 Å². The number of aliphatic hydroxyl groups excluding tert-OH is 14. The summed E-state index contributed by atoms with van der Waals surface area (Å²) in [7, 11) is 0. The smallest absolute Gasteiger partial charge is 0.310 e. The number of carboxylic acid groups (broad SMARTS) is 1. The SMILES string of the molecule is C[C@@H]1O[C@@H](O[C@H]2[C@H](O[C@H]3CC[C@]4(C)[C@H]5CC=C6[C@@H]7CC(C)(C)CC[C@]7(C(=O)O)CC[C@@]6(C)[C@]5(C)CC[C@H]4C3(C)C)O[C@H](CO)[C@@H](O)[C@@H]2O[C@@H]2O[C@H](CO[C@@H]3O[C@H](CO)[C@@H](O)[C@H](O)[C@H]3O[C@@H]3OC[C@@H](O)[C@H](O)[C@H]3O)[C@@H](O)[C@H](O)[C@H]2O)[C@H](O)[C@H](O)[C@H]1O. The number of aliphatic carboxylic acids is 1. The lowest BCUT2D eigenvalue weighted by molar-refractivity contribution is -0.400. The average molecular weight is 1220 g/mol. The van der Waals surface area contributed by atoms with Crippen LogP contribution >= 0.6 is 0 Å². The van der Waals surface area contributed by atoms with Crippen LogP contribution < -0.4 is 0 Å². The minimum absolute atomic E-state index is 0.0132. The van der Waals surface area contributed by atoms with Crippen LogP contribution in [-0.4, -0.2) is 263 Å². The number of rotatable bonds is 14. The number of carbonyl (C=O) groups is 1. The molecule has 0 unspecified atom stereocenters. The fourth-order valence-electron chi connectivity index (χ4n) is 17.6. The van der Waals surface area contributed by atoms with E-state index in [1.807, 2.05) is 0 Å². The van der Waals surface area contributed by atoms with E-state index in [0.29, 0.717) is 25.7 Å². The number of hydrogen-bond acceptors (Lipinski definition) is 25. The molecule has 0 spiro atoms. The maximum atomic E-state index is 13.3. The van der Waals surface area contributed by atoms with E-state index in [9.17, 15) is 81.4 Å². The lowest BCUT2D eigenvalue weighted by atomic mass is 9.33. The fraction of sp³-hybridized carbons (Fsp3) is 0.949. The van der Waals surface area contributed by atoms with Gasteiger partial charge in [-0.25, -0.2) is 0 Å². The summed E-state index contributed by atoms with van der Waals surface area (Å²) in [5.41, 5.74) is -0.664. The fourth-order valence-corrected chi connectivity index (χ4v) is 17.6. The summed E-state index contributed by atoms with van der Waals surface area (Å²) in [6, 6.07) is 0. The lowest BCUT2D eigenvalue weighted by Crippen LogP contribution is -2.68. The number of allylic oxidation sites excluding steroid dienone is 2. The molecule has 32 atom stereocenters. The van der Waals surface area contributed by atoms with E-state index in [1.54, 1.807) is 0 Å². The number of hydrogen-bond donors (Lipinski definition) is 15. The van der Waals surface area contributed by atoms with Crippen molar-refractivity contribution in [3.63, 3.8) is 0 Å². The van der Waals surface area contributed by atoms with Crippen molar-refractivity contribution >= 4 is 5.97 Å². The van der Waals surface area contributed by atoms with E-state index in [-0.39, 0.29) is 39.4 Å². The molecule has 5 heterocycles. The average Bonchev–Trinajstić information content (AvgIpc) is 0.745. The third-order valence-electron chi connectivity index (χ3n) is 23.2. The first-order chi connectivity index (χ1) is 39.8. The van der Waals surface area contributed by atoms with Crippen LogP contribution in [0.15, 0.2) is 11.6 Å². The second-order valence-corrected chi connectivity index (χ2v) is 28.7. The number of carboxylic acids is 1. The third-order valence-corrected chi connectivity index (χ3v) is 23.2. The van der Waals surface area contributed by atoms with Gasteiger partial charge in [0.15, 0.2) is 31.5 Å². The highest BCUT2D eigenvalue weighted by atomic mass is 16.8. The van der Waals surface area contributed by atoms with Gasteiger partial charge in [-0.05, 0) is 116 Å². The molecule has 5 aliphatic heterocycles. The number of fused-ring (bicyclic) bond motifs is 7. The summed E-state index contributed by atoms with van der Waals surface area (Å²) >= 11 is 0. The van der Waals surface area contributed by atoms with Gasteiger partial charge in [0.05, 0.1) is 44.1 Å². The molecule has 10 aliphatic rings. The summed E-state index contributed by atoms with van der Waals surface area (Å²) < 4.78 is 61.0. The molecular weight excluding hydrogens is 1120 g/mol. The maximum absolute atomic E-state index is 13.3. The van der Waals surface area contributed by atoms with Crippen molar-refractivity contribution in [3.05, 3.63) is 11.6 Å². The van der Waals surface area contributed by atoms with Crippen LogP contribution in [0.5, 0.6) is 0 Å². The Morgan fingerprint density at radius 3 is 1.80 bits per heavy atom. The molecule has 0 radical (unpaired) electrons. The maximum Gasteiger partial charge on any atom is 0.310 e. The van der Waals surface area contributed by atoms with Gasteiger partial charge in [-0.1, -0.05) is 60.1 Å². The Labute approximate surface area is 494 Å². The monoisotopic (exact) mass is 1220 g/mol. The van der Waals surface area contributed by atoms with Gasteiger partial charge >= 0.3 is 5.97 Å². The molecule has 5 aliphatic carbocycles. The van der Waals surface area contributed by atoms with Crippen LogP contribution in [0.1, 0.15) is 120 Å². The Balaban J connectivity index is 0.907. The van der Waals surface area contributed by atoms with E-state index in [1.165, 1.54) is 12.5 Å². The molecule has 10 rings (SSSR count). The van der Waals surface area contributed by atoms with Crippen LogP contribution in [-0.2, 0) is 52.2 Å². The largest absolute Gasteiger partial charge is 0.481 e. The lowest BCUT2D eigenvalue weighted by Gasteiger charge is -2.71. The Morgan fingerprint density at radius 1 is 0.553 bits per heavy atom. The van der Waals surface area contributed by atoms with E-state index in [2.05, 4.69) is 54.5 Å². The van der Waals surface area contributed by atoms with Crippen molar-refractivity contribution in [2.24, 2.45) is 50.2 Å². The molecule has 26 nitrogen and oxygen atoms in total. The van der Waals surface area contributed by atoms with Crippen LogP contribution in [0.25, 0.3) is 0 Å². The minimum atomic E-state index is -2.09. The highest BCUT2D eigenvalue weighted by Crippen LogP contribution is 2.76. The number of aliphatic hydroxyl groups is 14. The molecule has 0 aromatic rings. The standard InChI is InChI=1S/C59H96O26/c1-24-34(63)39(68)43(72)49(78-24)85-47-45(83-50-44(73)40(69)37(66)30(81-50)23-77-51-46(41(70)36(65)28(20-60)79-51)84-48-42(71)35(64)27(62)22-76-48)38(67)29(21-61)80-52(47)82-33-12-13-56(6)31(55(33,4)5)11-14-58(8)32(56)10-9-25-26-19-54(2,3)15-17-59(26,53(74)75)18-16-57(25,58)7/h9,24,26-52,60-73H,10-23H2,1-8H3,(H,74,75)/t24-,26-,27+,28+,29+,30+,31-,32+,33-,34-,35-,36+,37+,38+,39+,40-,41-,42+,43+,44+,45-,46+,47+,48-,49-,50-,51+,52-,56-,57+,58+,59-/m0/s1. The van der Waals surface area contributed by atoms with Gasteiger partial charge in [0.2, 0.25) is 0 Å². The van der Waals surface area contributed by atoms with Crippen molar-refractivity contribution in [1.29, 1.82) is 0 Å². The Bertz CT molecular complexity index is 2370.